The van der Waals surface area contributed by atoms with Crippen molar-refractivity contribution in [3.8, 4) is 5.75 Å². The molecule has 1 aromatic carbocycles. The molecule has 1 aliphatic heterocycles. The van der Waals surface area contributed by atoms with Crippen molar-refractivity contribution in [1.82, 2.24) is 0 Å². The van der Waals surface area contributed by atoms with E-state index in [0.717, 1.165) is 12.1 Å². The van der Waals surface area contributed by atoms with Crippen LogP contribution in [0.25, 0.3) is 0 Å². The Hall–Kier alpha value is -2.04. The van der Waals surface area contributed by atoms with Gasteiger partial charge in [0.2, 0.25) is 11.8 Å². The highest BCUT2D eigenvalue weighted by atomic mass is 16.5. The van der Waals surface area contributed by atoms with Gasteiger partial charge < -0.3 is 15.0 Å². The van der Waals surface area contributed by atoms with Crippen molar-refractivity contribution < 1.29 is 14.3 Å². The summed E-state index contributed by atoms with van der Waals surface area (Å²) in [5, 5.41) is 2.94. The van der Waals surface area contributed by atoms with Gasteiger partial charge in [-0.3, -0.25) is 9.59 Å². The molecule has 27 heavy (non-hydrogen) atoms. The molecule has 0 saturated carbocycles. The Labute approximate surface area is 163 Å². The molecule has 150 valence electrons. The van der Waals surface area contributed by atoms with E-state index in [4.69, 9.17) is 4.74 Å². The number of anilines is 2. The highest BCUT2D eigenvalue weighted by molar-refractivity contribution is 6.00. The lowest BCUT2D eigenvalue weighted by molar-refractivity contribution is -0.127. The summed E-state index contributed by atoms with van der Waals surface area (Å²) in [4.78, 5) is 27.1. The van der Waals surface area contributed by atoms with Crippen molar-refractivity contribution in [2.75, 3.05) is 23.4 Å². The van der Waals surface area contributed by atoms with E-state index in [1.165, 1.54) is 0 Å². The smallest absolute Gasteiger partial charge is 0.236 e. The molecule has 0 saturated heterocycles. The van der Waals surface area contributed by atoms with Crippen LogP contribution in [0.15, 0.2) is 18.2 Å². The standard InChI is InChI=1S/C22H34N2O3/c1-15(2)10-11-24-17-9-8-16(23-19(25)13-21(3,4)5)12-18(17)27-14-22(6,7)20(24)26/h8-9,12,15H,10-11,13-14H2,1-7H3,(H,23,25). The lowest BCUT2D eigenvalue weighted by atomic mass is 9.92. The van der Waals surface area contributed by atoms with E-state index in [-0.39, 0.29) is 17.2 Å². The molecule has 0 aliphatic carbocycles. The van der Waals surface area contributed by atoms with Gasteiger partial charge in [0.05, 0.1) is 11.1 Å². The van der Waals surface area contributed by atoms with E-state index in [1.54, 1.807) is 0 Å². The SMILES string of the molecule is CC(C)CCN1C(=O)C(C)(C)COc2cc(NC(=O)CC(C)(C)C)ccc21. The van der Waals surface area contributed by atoms with E-state index in [0.29, 0.717) is 36.9 Å². The lowest BCUT2D eigenvalue weighted by Gasteiger charge is -2.28. The fourth-order valence-corrected chi connectivity index (χ4v) is 3.02. The second-order valence-corrected chi connectivity index (χ2v) is 9.78. The molecule has 1 aliphatic rings. The van der Waals surface area contributed by atoms with Gasteiger partial charge in [-0.05, 0) is 43.7 Å². The molecule has 0 bridgehead atoms. The molecule has 2 rings (SSSR count). The average molecular weight is 375 g/mol. The summed E-state index contributed by atoms with van der Waals surface area (Å²) in [7, 11) is 0. The van der Waals surface area contributed by atoms with Gasteiger partial charge in [-0.2, -0.15) is 0 Å². The van der Waals surface area contributed by atoms with Gasteiger partial charge in [-0.15, -0.1) is 0 Å². The zero-order valence-corrected chi connectivity index (χ0v) is 17.8. The largest absolute Gasteiger partial charge is 0.490 e. The van der Waals surface area contributed by atoms with Crippen LogP contribution in [0.5, 0.6) is 5.75 Å². The maximum Gasteiger partial charge on any atom is 0.236 e. The lowest BCUT2D eigenvalue weighted by Crippen LogP contribution is -2.42. The van der Waals surface area contributed by atoms with Gasteiger partial charge in [-0.1, -0.05) is 34.6 Å². The first-order chi connectivity index (χ1) is 12.4. The number of benzene rings is 1. The molecule has 1 N–H and O–H groups in total. The first kappa shape index (κ1) is 21.3. The highest BCUT2D eigenvalue weighted by Gasteiger charge is 2.37. The number of hydrogen-bond donors (Lipinski definition) is 1. The second kappa shape index (κ2) is 7.91. The summed E-state index contributed by atoms with van der Waals surface area (Å²) >= 11 is 0. The third-order valence-electron chi connectivity index (χ3n) is 4.57. The van der Waals surface area contributed by atoms with Crippen LogP contribution in [0.2, 0.25) is 0 Å². The molecule has 5 nitrogen and oxygen atoms in total. The van der Waals surface area contributed by atoms with Gasteiger partial charge in [0.15, 0.2) is 0 Å². The predicted molar refractivity (Wildman–Crippen MR) is 110 cm³/mol. The molecule has 0 fully saturated rings. The average Bonchev–Trinajstić information content (AvgIpc) is 2.60. The van der Waals surface area contributed by atoms with Crippen molar-refractivity contribution >= 4 is 23.2 Å². The molecule has 1 aromatic rings. The van der Waals surface area contributed by atoms with E-state index in [9.17, 15) is 9.59 Å². The van der Waals surface area contributed by atoms with Crippen molar-refractivity contribution in [3.05, 3.63) is 18.2 Å². The maximum absolute atomic E-state index is 13.0. The van der Waals surface area contributed by atoms with Crippen molar-refractivity contribution in [3.63, 3.8) is 0 Å². The van der Waals surface area contributed by atoms with E-state index < -0.39 is 5.41 Å². The summed E-state index contributed by atoms with van der Waals surface area (Å²) in [6, 6.07) is 5.55. The Bertz CT molecular complexity index is 702. The summed E-state index contributed by atoms with van der Waals surface area (Å²) < 4.78 is 5.98. The number of hydrogen-bond acceptors (Lipinski definition) is 3. The van der Waals surface area contributed by atoms with Gasteiger partial charge in [0.1, 0.15) is 12.4 Å². The molecule has 0 radical (unpaired) electrons. The van der Waals surface area contributed by atoms with Crippen LogP contribution in [0.4, 0.5) is 11.4 Å². The first-order valence-electron chi connectivity index (χ1n) is 9.78. The fraction of sp³-hybridized carbons (Fsp3) is 0.636. The van der Waals surface area contributed by atoms with Crippen molar-refractivity contribution in [1.29, 1.82) is 0 Å². The minimum atomic E-state index is -0.592. The number of nitrogens with zero attached hydrogens (tertiary/aromatic N) is 1. The van der Waals surface area contributed by atoms with Gasteiger partial charge in [0.25, 0.3) is 0 Å². The second-order valence-electron chi connectivity index (χ2n) is 9.78. The van der Waals surface area contributed by atoms with Crippen LogP contribution < -0.4 is 15.0 Å². The predicted octanol–water partition coefficient (Wildman–Crippen LogP) is 4.86. The maximum atomic E-state index is 13.0. The molecule has 0 atom stereocenters. The van der Waals surface area contributed by atoms with Crippen LogP contribution in [0.1, 0.15) is 61.3 Å². The number of carbonyl (C=O) groups is 2. The number of amides is 2. The fourth-order valence-electron chi connectivity index (χ4n) is 3.02. The van der Waals surface area contributed by atoms with E-state index >= 15 is 0 Å². The summed E-state index contributed by atoms with van der Waals surface area (Å²) in [5.74, 6) is 1.20. The first-order valence-corrected chi connectivity index (χ1v) is 9.78. The minimum Gasteiger partial charge on any atom is -0.490 e. The Morgan fingerprint density at radius 1 is 1.30 bits per heavy atom. The minimum absolute atomic E-state index is 0.0239. The van der Waals surface area contributed by atoms with Crippen LogP contribution in [0.3, 0.4) is 0 Å². The third kappa shape index (κ3) is 5.72. The molecule has 2 amide bonds. The van der Waals surface area contributed by atoms with Crippen LogP contribution in [-0.4, -0.2) is 25.0 Å². The Morgan fingerprint density at radius 3 is 2.56 bits per heavy atom. The van der Waals surface area contributed by atoms with E-state index in [1.807, 2.05) is 57.7 Å². The summed E-state index contributed by atoms with van der Waals surface area (Å²) in [6.45, 7) is 15.2. The zero-order chi connectivity index (χ0) is 20.4. The van der Waals surface area contributed by atoms with Gasteiger partial charge in [0, 0.05) is 24.7 Å². The Kier molecular flexibility index (Phi) is 6.23. The van der Waals surface area contributed by atoms with E-state index in [2.05, 4.69) is 19.2 Å². The molecule has 0 spiro atoms. The topological polar surface area (TPSA) is 58.6 Å². The van der Waals surface area contributed by atoms with Gasteiger partial charge in [-0.25, -0.2) is 0 Å². The Balaban J connectivity index is 2.28. The molecule has 0 aromatic heterocycles. The molecular weight excluding hydrogens is 340 g/mol. The summed E-state index contributed by atoms with van der Waals surface area (Å²) in [6.07, 6.45) is 1.36. The van der Waals surface area contributed by atoms with Crippen LogP contribution >= 0.6 is 0 Å². The quantitative estimate of drug-likeness (QED) is 0.801. The van der Waals surface area contributed by atoms with Crippen molar-refractivity contribution in [2.24, 2.45) is 16.7 Å². The number of ether oxygens (including phenoxy) is 1. The van der Waals surface area contributed by atoms with Crippen LogP contribution in [0, 0.1) is 16.7 Å². The molecule has 0 unspecified atom stereocenters. The third-order valence-corrected chi connectivity index (χ3v) is 4.57. The highest BCUT2D eigenvalue weighted by Crippen LogP contribution is 2.38. The monoisotopic (exact) mass is 374 g/mol. The van der Waals surface area contributed by atoms with Crippen LogP contribution in [-0.2, 0) is 9.59 Å². The number of fused-ring (bicyclic) bond motifs is 1. The molecule has 1 heterocycles. The number of rotatable bonds is 5. The molecular formula is C22H34N2O3. The number of nitrogens with one attached hydrogen (secondary N) is 1. The Morgan fingerprint density at radius 2 is 1.96 bits per heavy atom. The molecule has 5 heteroatoms. The van der Waals surface area contributed by atoms with Crippen molar-refractivity contribution in [2.45, 2.75) is 61.3 Å². The zero-order valence-electron chi connectivity index (χ0n) is 17.8. The number of carbonyl (C=O) groups excluding carboxylic acids is 2. The van der Waals surface area contributed by atoms with Gasteiger partial charge >= 0.3 is 0 Å². The summed E-state index contributed by atoms with van der Waals surface area (Å²) in [5.41, 5.74) is 0.807. The normalized spacial score (nSPS) is 16.6.